The first kappa shape index (κ1) is 28.5. The molecule has 186 valence electrons. The van der Waals surface area contributed by atoms with Crippen LogP contribution in [0.3, 0.4) is 0 Å². The van der Waals surface area contributed by atoms with Crippen molar-refractivity contribution < 1.29 is 19.1 Å². The highest BCUT2D eigenvalue weighted by atomic mass is 16.6. The van der Waals surface area contributed by atoms with Crippen molar-refractivity contribution in [3.8, 4) is 0 Å². The van der Waals surface area contributed by atoms with Crippen LogP contribution in [0.5, 0.6) is 0 Å². The van der Waals surface area contributed by atoms with Gasteiger partial charge in [-0.2, -0.15) is 0 Å². The zero-order valence-corrected chi connectivity index (χ0v) is 22.0. The summed E-state index contributed by atoms with van der Waals surface area (Å²) in [5.74, 6) is -0.736. The monoisotopic (exact) mass is 461 g/mol. The Hall–Kier alpha value is -2.57. The zero-order chi connectivity index (χ0) is 25.5. The van der Waals surface area contributed by atoms with Gasteiger partial charge in [-0.1, -0.05) is 39.0 Å². The molecule has 1 aromatic rings. The van der Waals surface area contributed by atoms with Crippen LogP contribution in [0.15, 0.2) is 18.2 Å². The molecule has 0 saturated heterocycles. The van der Waals surface area contributed by atoms with Gasteiger partial charge in [0.1, 0.15) is 17.7 Å². The number of alkyl carbamates (subject to hydrolysis) is 1. The van der Waals surface area contributed by atoms with Crippen LogP contribution in [0, 0.1) is 19.8 Å². The number of nitrogens with one attached hydrogen (secondary N) is 2. The first-order chi connectivity index (χ1) is 15.2. The summed E-state index contributed by atoms with van der Waals surface area (Å²) in [6.45, 7) is 19.1. The number of rotatable bonds is 9. The van der Waals surface area contributed by atoms with Crippen molar-refractivity contribution in [3.05, 3.63) is 34.9 Å². The molecule has 1 rings (SSSR count). The lowest BCUT2D eigenvalue weighted by Gasteiger charge is -2.36. The fourth-order valence-electron chi connectivity index (χ4n) is 3.62. The summed E-state index contributed by atoms with van der Waals surface area (Å²) >= 11 is 0. The smallest absolute Gasteiger partial charge is 0.408 e. The van der Waals surface area contributed by atoms with Crippen LogP contribution >= 0.6 is 0 Å². The van der Waals surface area contributed by atoms with Gasteiger partial charge >= 0.3 is 6.09 Å². The zero-order valence-electron chi connectivity index (χ0n) is 22.0. The minimum Gasteiger partial charge on any atom is -0.444 e. The third kappa shape index (κ3) is 8.37. The van der Waals surface area contributed by atoms with E-state index in [9.17, 15) is 14.4 Å². The predicted octanol–water partition coefficient (Wildman–Crippen LogP) is 4.66. The molecule has 0 heterocycles. The van der Waals surface area contributed by atoms with Gasteiger partial charge in [0.05, 0.1) is 0 Å². The molecule has 0 aliphatic rings. The number of nitrogens with zero attached hydrogens (tertiary/aromatic N) is 1. The molecular formula is C26H43N3O4. The fraction of sp³-hybridized carbons (Fsp3) is 0.654. The van der Waals surface area contributed by atoms with Crippen LogP contribution in [-0.2, 0) is 14.3 Å². The molecule has 0 aliphatic heterocycles. The largest absolute Gasteiger partial charge is 0.444 e. The van der Waals surface area contributed by atoms with Crippen molar-refractivity contribution in [2.24, 2.45) is 5.92 Å². The van der Waals surface area contributed by atoms with Crippen molar-refractivity contribution in [2.75, 3.05) is 6.54 Å². The molecule has 0 spiro atoms. The van der Waals surface area contributed by atoms with Gasteiger partial charge in [0.2, 0.25) is 11.8 Å². The van der Waals surface area contributed by atoms with Crippen LogP contribution in [0.4, 0.5) is 4.79 Å². The van der Waals surface area contributed by atoms with Crippen molar-refractivity contribution >= 4 is 17.9 Å². The highest BCUT2D eigenvalue weighted by molar-refractivity contribution is 5.92. The Labute approximate surface area is 199 Å². The third-order valence-electron chi connectivity index (χ3n) is 5.28. The van der Waals surface area contributed by atoms with Crippen molar-refractivity contribution in [1.29, 1.82) is 0 Å². The number of carbonyl (C=O) groups excluding carboxylic acids is 3. The summed E-state index contributed by atoms with van der Waals surface area (Å²) in [6, 6.07) is 4.08. The normalized spacial score (nSPS) is 13.5. The van der Waals surface area contributed by atoms with Crippen LogP contribution in [-0.4, -0.2) is 47.0 Å². The second-order valence-electron chi connectivity index (χ2n) is 10.3. The Morgan fingerprint density at radius 1 is 1.03 bits per heavy atom. The van der Waals surface area contributed by atoms with Crippen molar-refractivity contribution in [3.63, 3.8) is 0 Å². The highest BCUT2D eigenvalue weighted by Gasteiger charge is 2.37. The average Bonchev–Trinajstić information content (AvgIpc) is 2.66. The van der Waals surface area contributed by atoms with E-state index < -0.39 is 23.8 Å². The van der Waals surface area contributed by atoms with E-state index in [1.165, 1.54) is 0 Å². The van der Waals surface area contributed by atoms with Crippen LogP contribution in [0.1, 0.15) is 84.5 Å². The maximum Gasteiger partial charge on any atom is 0.408 e. The second-order valence-corrected chi connectivity index (χ2v) is 10.3. The van der Waals surface area contributed by atoms with E-state index in [4.69, 9.17) is 4.74 Å². The fourth-order valence-corrected chi connectivity index (χ4v) is 3.62. The second kappa shape index (κ2) is 12.1. The third-order valence-corrected chi connectivity index (χ3v) is 5.28. The topological polar surface area (TPSA) is 87.7 Å². The summed E-state index contributed by atoms with van der Waals surface area (Å²) in [6.07, 6.45) is 0.0141. The molecule has 7 heteroatoms. The Morgan fingerprint density at radius 3 is 2.12 bits per heavy atom. The van der Waals surface area contributed by atoms with E-state index in [1.807, 2.05) is 66.7 Å². The molecule has 1 aromatic carbocycles. The number of hydrogen-bond acceptors (Lipinski definition) is 4. The lowest BCUT2D eigenvalue weighted by molar-refractivity contribution is -0.143. The van der Waals surface area contributed by atoms with Gasteiger partial charge in [0.15, 0.2) is 0 Å². The Morgan fingerprint density at radius 2 is 1.64 bits per heavy atom. The Bertz CT molecular complexity index is 827. The van der Waals surface area contributed by atoms with E-state index >= 15 is 0 Å². The lowest BCUT2D eigenvalue weighted by atomic mass is 9.93. The van der Waals surface area contributed by atoms with Gasteiger partial charge in [0, 0.05) is 12.6 Å². The van der Waals surface area contributed by atoms with Crippen LogP contribution in [0.2, 0.25) is 0 Å². The van der Waals surface area contributed by atoms with Crippen LogP contribution < -0.4 is 10.6 Å². The molecule has 0 radical (unpaired) electrons. The Balaban J connectivity index is 3.48. The van der Waals surface area contributed by atoms with Gasteiger partial charge < -0.3 is 20.3 Å². The molecule has 0 fully saturated rings. The number of benzene rings is 1. The van der Waals surface area contributed by atoms with Gasteiger partial charge in [0.25, 0.3) is 0 Å². The summed E-state index contributed by atoms with van der Waals surface area (Å²) in [4.78, 5) is 41.4. The maximum atomic E-state index is 13.9. The maximum absolute atomic E-state index is 13.9. The predicted molar refractivity (Wildman–Crippen MR) is 132 cm³/mol. The average molecular weight is 462 g/mol. The molecule has 2 atom stereocenters. The van der Waals surface area contributed by atoms with Gasteiger partial charge in [-0.05, 0) is 77.5 Å². The van der Waals surface area contributed by atoms with Crippen molar-refractivity contribution in [2.45, 2.75) is 99.4 Å². The van der Waals surface area contributed by atoms with Crippen LogP contribution in [0.25, 0.3) is 0 Å². The lowest BCUT2D eigenvalue weighted by Crippen LogP contribution is -2.55. The summed E-state index contributed by atoms with van der Waals surface area (Å²) < 4.78 is 5.39. The first-order valence-corrected chi connectivity index (χ1v) is 11.9. The summed E-state index contributed by atoms with van der Waals surface area (Å²) in [5.41, 5.74) is 2.12. The molecular weight excluding hydrogens is 418 g/mol. The van der Waals surface area contributed by atoms with E-state index in [0.717, 1.165) is 16.7 Å². The SMILES string of the molecule is CCCN(C(=O)C(NC(=O)OC(C)(C)C)C(C)C)C(C(=O)NC(C)C)c1cccc(C)c1C. The Kier molecular flexibility index (Phi) is 10.4. The standard InChI is InChI=1S/C26H43N3O4/c1-11-15-29(24(31)21(16(2)3)28-25(32)33-26(8,9)10)22(23(30)27-17(4)5)20-14-12-13-18(6)19(20)7/h12-14,16-17,21-22H,11,15H2,1-10H3,(H,27,30)(H,28,32). The number of hydrogen-bond donors (Lipinski definition) is 2. The molecule has 0 aliphatic carbocycles. The number of carbonyl (C=O) groups is 3. The number of ether oxygens (including phenoxy) is 1. The van der Waals surface area contributed by atoms with Gasteiger partial charge in [-0.15, -0.1) is 0 Å². The minimum atomic E-state index is -0.828. The molecule has 0 bridgehead atoms. The first-order valence-electron chi connectivity index (χ1n) is 11.9. The molecule has 7 nitrogen and oxygen atoms in total. The quantitative estimate of drug-likeness (QED) is 0.560. The summed E-state index contributed by atoms with van der Waals surface area (Å²) in [7, 11) is 0. The number of amides is 3. The molecule has 33 heavy (non-hydrogen) atoms. The van der Waals surface area contributed by atoms with E-state index in [-0.39, 0.29) is 23.8 Å². The molecule has 0 aromatic heterocycles. The molecule has 2 unspecified atom stereocenters. The van der Waals surface area contributed by atoms with Gasteiger partial charge in [-0.3, -0.25) is 9.59 Å². The minimum absolute atomic E-state index is 0.0792. The molecule has 3 amide bonds. The van der Waals surface area contributed by atoms with Crippen molar-refractivity contribution in [1.82, 2.24) is 15.5 Å². The van der Waals surface area contributed by atoms with E-state index in [1.54, 1.807) is 25.7 Å². The number of aryl methyl sites for hydroxylation is 1. The molecule has 0 saturated carbocycles. The highest BCUT2D eigenvalue weighted by Crippen LogP contribution is 2.28. The van der Waals surface area contributed by atoms with E-state index in [2.05, 4.69) is 10.6 Å². The van der Waals surface area contributed by atoms with E-state index in [0.29, 0.717) is 13.0 Å². The summed E-state index contributed by atoms with van der Waals surface area (Å²) in [5, 5.41) is 5.72. The van der Waals surface area contributed by atoms with Gasteiger partial charge in [-0.25, -0.2) is 4.79 Å². The molecule has 2 N–H and O–H groups in total.